The van der Waals surface area contributed by atoms with Crippen LogP contribution in [0.25, 0.3) is 0 Å². The lowest BCUT2D eigenvalue weighted by molar-refractivity contribution is -0.138. The molecule has 0 saturated carbocycles. The van der Waals surface area contributed by atoms with Gasteiger partial charge in [-0.05, 0) is 19.1 Å². The second kappa shape index (κ2) is 3.46. The second-order valence-corrected chi connectivity index (χ2v) is 3.60. The summed E-state index contributed by atoms with van der Waals surface area (Å²) in [6.07, 6.45) is -0.576. The summed E-state index contributed by atoms with van der Waals surface area (Å²) < 4.78 is 0. The molecule has 1 aliphatic rings. The summed E-state index contributed by atoms with van der Waals surface area (Å²) in [6, 6.07) is 7.76. The minimum Gasteiger partial charge on any atom is -0.478 e. The molecular weight excluding hydrogens is 192 g/mol. The Bertz CT molecular complexity index is 392. The van der Waals surface area contributed by atoms with Crippen molar-refractivity contribution in [2.75, 3.05) is 23.4 Å². The minimum atomic E-state index is -0.810. The molecule has 1 heterocycles. The Labute approximate surface area is 88.7 Å². The first-order chi connectivity index (χ1) is 7.16. The number of likely N-dealkylation sites (N-methyl/N-ethyl adjacent to an activating group) is 2. The standard InChI is InChI=1S/C11H14N2O2/c1-3-13-9-7-5-4-6-8(9)12(2)10(13)11(14)15/h4-7,10H,3H2,1-2H3,(H,14,15). The van der Waals surface area contributed by atoms with E-state index in [1.54, 1.807) is 4.90 Å². The first kappa shape index (κ1) is 9.83. The molecule has 1 aromatic rings. The van der Waals surface area contributed by atoms with E-state index >= 15 is 0 Å². The average Bonchev–Trinajstić information content (AvgIpc) is 2.52. The third-order valence-electron chi connectivity index (χ3n) is 2.79. The molecule has 1 unspecified atom stereocenters. The molecule has 4 heteroatoms. The fraction of sp³-hybridized carbons (Fsp3) is 0.364. The Morgan fingerprint density at radius 2 is 2.00 bits per heavy atom. The number of rotatable bonds is 2. The van der Waals surface area contributed by atoms with Gasteiger partial charge in [0, 0.05) is 13.6 Å². The van der Waals surface area contributed by atoms with E-state index in [2.05, 4.69) is 0 Å². The average molecular weight is 206 g/mol. The Hall–Kier alpha value is -1.71. The lowest BCUT2D eigenvalue weighted by Gasteiger charge is -2.25. The number of carbonyl (C=O) groups is 1. The Morgan fingerprint density at radius 3 is 2.53 bits per heavy atom. The lowest BCUT2D eigenvalue weighted by Crippen LogP contribution is -2.47. The van der Waals surface area contributed by atoms with Crippen LogP contribution in [0.5, 0.6) is 0 Å². The number of carboxylic acids is 1. The van der Waals surface area contributed by atoms with Crippen LogP contribution in [0.3, 0.4) is 0 Å². The number of benzene rings is 1. The molecule has 0 amide bonds. The van der Waals surface area contributed by atoms with Crippen LogP contribution in [0.4, 0.5) is 11.4 Å². The minimum absolute atomic E-state index is 0.576. The summed E-state index contributed by atoms with van der Waals surface area (Å²) in [5.41, 5.74) is 1.97. The van der Waals surface area contributed by atoms with Gasteiger partial charge in [0.2, 0.25) is 6.17 Å². The maximum atomic E-state index is 11.2. The van der Waals surface area contributed by atoms with Gasteiger partial charge in [-0.25, -0.2) is 4.79 Å². The molecule has 0 radical (unpaired) electrons. The molecule has 0 saturated heterocycles. The molecular formula is C11H14N2O2. The van der Waals surface area contributed by atoms with E-state index in [1.165, 1.54) is 0 Å². The number of para-hydroxylation sites is 2. The SMILES string of the molecule is CCN1c2ccccc2N(C)C1C(=O)O. The molecule has 0 fully saturated rings. The molecule has 1 aromatic carbocycles. The van der Waals surface area contributed by atoms with E-state index in [1.807, 2.05) is 43.1 Å². The molecule has 0 aromatic heterocycles. The first-order valence-electron chi connectivity index (χ1n) is 4.98. The molecule has 4 nitrogen and oxygen atoms in total. The zero-order chi connectivity index (χ0) is 11.0. The lowest BCUT2D eigenvalue weighted by atomic mass is 10.2. The van der Waals surface area contributed by atoms with E-state index in [-0.39, 0.29) is 0 Å². The van der Waals surface area contributed by atoms with Crippen molar-refractivity contribution < 1.29 is 9.90 Å². The summed E-state index contributed by atoms with van der Waals surface area (Å²) in [5.74, 6) is -0.810. The predicted octanol–water partition coefficient (Wildman–Crippen LogP) is 1.37. The van der Waals surface area contributed by atoms with Crippen molar-refractivity contribution in [3.05, 3.63) is 24.3 Å². The van der Waals surface area contributed by atoms with Gasteiger partial charge in [0.25, 0.3) is 0 Å². The van der Waals surface area contributed by atoms with Crippen molar-refractivity contribution in [2.45, 2.75) is 13.1 Å². The smallest absolute Gasteiger partial charge is 0.347 e. The summed E-state index contributed by atoms with van der Waals surface area (Å²) in [7, 11) is 1.81. The van der Waals surface area contributed by atoms with Crippen molar-refractivity contribution in [3.8, 4) is 0 Å². The van der Waals surface area contributed by atoms with E-state index in [0.29, 0.717) is 6.54 Å². The van der Waals surface area contributed by atoms with Crippen LogP contribution < -0.4 is 9.80 Å². The number of hydrogen-bond donors (Lipinski definition) is 1. The normalized spacial score (nSPS) is 19.2. The van der Waals surface area contributed by atoms with Crippen LogP contribution in [-0.4, -0.2) is 30.8 Å². The van der Waals surface area contributed by atoms with Gasteiger partial charge in [-0.3, -0.25) is 0 Å². The second-order valence-electron chi connectivity index (χ2n) is 3.60. The Balaban J connectivity index is 2.48. The molecule has 80 valence electrons. The third-order valence-corrected chi connectivity index (χ3v) is 2.79. The van der Waals surface area contributed by atoms with Crippen LogP contribution in [0.15, 0.2) is 24.3 Å². The quantitative estimate of drug-likeness (QED) is 0.793. The van der Waals surface area contributed by atoms with Crippen LogP contribution in [0.1, 0.15) is 6.92 Å². The molecule has 1 aliphatic heterocycles. The summed E-state index contributed by atoms with van der Waals surface area (Å²) in [5, 5.41) is 9.17. The number of fused-ring (bicyclic) bond motifs is 1. The summed E-state index contributed by atoms with van der Waals surface area (Å²) in [4.78, 5) is 14.8. The highest BCUT2D eigenvalue weighted by atomic mass is 16.4. The van der Waals surface area contributed by atoms with Gasteiger partial charge in [0.1, 0.15) is 0 Å². The molecule has 1 N–H and O–H groups in total. The number of anilines is 2. The largest absolute Gasteiger partial charge is 0.478 e. The molecule has 0 bridgehead atoms. The van der Waals surface area contributed by atoms with Gasteiger partial charge >= 0.3 is 5.97 Å². The van der Waals surface area contributed by atoms with Gasteiger partial charge in [-0.2, -0.15) is 0 Å². The first-order valence-corrected chi connectivity index (χ1v) is 4.98. The maximum Gasteiger partial charge on any atom is 0.347 e. The molecule has 2 rings (SSSR count). The van der Waals surface area contributed by atoms with Crippen LogP contribution in [0, 0.1) is 0 Å². The highest BCUT2D eigenvalue weighted by Crippen LogP contribution is 2.37. The molecule has 15 heavy (non-hydrogen) atoms. The summed E-state index contributed by atoms with van der Waals surface area (Å²) >= 11 is 0. The highest BCUT2D eigenvalue weighted by molar-refractivity contribution is 5.90. The summed E-state index contributed by atoms with van der Waals surface area (Å²) in [6.45, 7) is 2.66. The third kappa shape index (κ3) is 1.33. The molecule has 0 aliphatic carbocycles. The van der Waals surface area contributed by atoms with Crippen molar-refractivity contribution in [2.24, 2.45) is 0 Å². The number of nitrogens with zero attached hydrogens (tertiary/aromatic N) is 2. The van der Waals surface area contributed by atoms with E-state index in [4.69, 9.17) is 0 Å². The van der Waals surface area contributed by atoms with Gasteiger partial charge in [-0.1, -0.05) is 12.1 Å². The Morgan fingerprint density at radius 1 is 1.40 bits per heavy atom. The molecule has 0 spiro atoms. The zero-order valence-electron chi connectivity index (χ0n) is 8.84. The number of carboxylic acid groups (broad SMARTS) is 1. The van der Waals surface area contributed by atoms with Crippen molar-refractivity contribution >= 4 is 17.3 Å². The monoisotopic (exact) mass is 206 g/mol. The molecule has 1 atom stereocenters. The zero-order valence-corrected chi connectivity index (χ0v) is 8.84. The van der Waals surface area contributed by atoms with Gasteiger partial charge in [0.15, 0.2) is 0 Å². The highest BCUT2D eigenvalue weighted by Gasteiger charge is 2.37. The fourth-order valence-corrected chi connectivity index (χ4v) is 2.12. The van der Waals surface area contributed by atoms with Crippen molar-refractivity contribution in [1.29, 1.82) is 0 Å². The number of hydrogen-bond acceptors (Lipinski definition) is 3. The number of aliphatic carboxylic acids is 1. The van der Waals surface area contributed by atoms with Crippen LogP contribution in [0.2, 0.25) is 0 Å². The van der Waals surface area contributed by atoms with E-state index in [9.17, 15) is 9.90 Å². The fourth-order valence-electron chi connectivity index (χ4n) is 2.12. The van der Waals surface area contributed by atoms with E-state index in [0.717, 1.165) is 11.4 Å². The van der Waals surface area contributed by atoms with E-state index < -0.39 is 12.1 Å². The Kier molecular flexibility index (Phi) is 2.26. The van der Waals surface area contributed by atoms with Gasteiger partial charge in [-0.15, -0.1) is 0 Å². The maximum absolute atomic E-state index is 11.2. The topological polar surface area (TPSA) is 43.8 Å². The predicted molar refractivity (Wildman–Crippen MR) is 59.3 cm³/mol. The van der Waals surface area contributed by atoms with Crippen LogP contribution in [-0.2, 0) is 4.79 Å². The van der Waals surface area contributed by atoms with Gasteiger partial charge in [0.05, 0.1) is 11.4 Å². The van der Waals surface area contributed by atoms with Crippen molar-refractivity contribution in [3.63, 3.8) is 0 Å². The van der Waals surface area contributed by atoms with Gasteiger partial charge < -0.3 is 14.9 Å². The van der Waals surface area contributed by atoms with Crippen molar-refractivity contribution in [1.82, 2.24) is 0 Å². The van der Waals surface area contributed by atoms with Crippen LogP contribution >= 0.6 is 0 Å².